The van der Waals surface area contributed by atoms with Gasteiger partial charge >= 0.3 is 12.3 Å². The number of carbonyl (C=O) groups excluding carboxylic acids is 1. The summed E-state index contributed by atoms with van der Waals surface area (Å²) >= 11 is 0. The summed E-state index contributed by atoms with van der Waals surface area (Å²) in [5, 5.41) is 3.02. The number of halogens is 3. The van der Waals surface area contributed by atoms with Crippen LogP contribution >= 0.6 is 0 Å². The van der Waals surface area contributed by atoms with Crippen molar-refractivity contribution in [1.29, 1.82) is 0 Å². The van der Waals surface area contributed by atoms with E-state index in [2.05, 4.69) is 10.2 Å². The number of hydrogen-bond donors (Lipinski definition) is 1. The fourth-order valence-electron chi connectivity index (χ4n) is 5.47. The summed E-state index contributed by atoms with van der Waals surface area (Å²) in [4.78, 5) is 15.0. The Bertz CT molecular complexity index is 999. The molecule has 2 aromatic carbocycles. The van der Waals surface area contributed by atoms with Crippen molar-refractivity contribution in [2.75, 3.05) is 19.6 Å². The minimum Gasteiger partial charge on any atom is -0.445 e. The van der Waals surface area contributed by atoms with Gasteiger partial charge in [-0.15, -0.1) is 0 Å². The molecule has 4 nitrogen and oxygen atoms in total. The maximum absolute atomic E-state index is 13.5. The number of ether oxygens (including phenoxy) is 1. The first-order chi connectivity index (χ1) is 15.4. The van der Waals surface area contributed by atoms with Crippen molar-refractivity contribution in [2.45, 2.75) is 50.4 Å². The third kappa shape index (κ3) is 4.22. The van der Waals surface area contributed by atoms with Gasteiger partial charge in [0.2, 0.25) is 0 Å². The molecule has 3 saturated heterocycles. The van der Waals surface area contributed by atoms with E-state index in [1.54, 1.807) is 12.1 Å². The molecular formula is C25H27F3N2O2. The van der Waals surface area contributed by atoms with Crippen molar-refractivity contribution in [3.05, 3.63) is 59.2 Å². The van der Waals surface area contributed by atoms with Crippen molar-refractivity contribution in [1.82, 2.24) is 10.2 Å². The van der Waals surface area contributed by atoms with Crippen LogP contribution in [0.2, 0.25) is 0 Å². The quantitative estimate of drug-likeness (QED) is 0.673. The van der Waals surface area contributed by atoms with Crippen LogP contribution in [0.15, 0.2) is 42.5 Å². The first-order valence-corrected chi connectivity index (χ1v) is 11.4. The lowest BCUT2D eigenvalue weighted by Crippen LogP contribution is -2.52. The normalized spacial score (nSPS) is 27.0. The van der Waals surface area contributed by atoms with Gasteiger partial charge in [0.1, 0.15) is 6.10 Å². The smallest absolute Gasteiger partial charge is 0.417 e. The molecular weight excluding hydrogens is 417 g/mol. The molecule has 2 bridgehead atoms. The zero-order valence-corrected chi connectivity index (χ0v) is 17.8. The van der Waals surface area contributed by atoms with E-state index in [1.807, 2.05) is 12.1 Å². The summed E-state index contributed by atoms with van der Waals surface area (Å²) in [6.45, 7) is 2.98. The second-order valence-electron chi connectivity index (χ2n) is 9.13. The van der Waals surface area contributed by atoms with Crippen LogP contribution in [0.4, 0.5) is 18.0 Å². The molecule has 7 heteroatoms. The topological polar surface area (TPSA) is 41.6 Å². The molecule has 170 valence electrons. The molecule has 1 unspecified atom stereocenters. The summed E-state index contributed by atoms with van der Waals surface area (Å²) in [7, 11) is 0. The maximum atomic E-state index is 13.5. The third-order valence-electron chi connectivity index (χ3n) is 7.15. The number of fused-ring (bicyclic) bond motifs is 4. The number of alkyl carbamates (subject to hydrolysis) is 1. The Morgan fingerprint density at radius 3 is 2.56 bits per heavy atom. The highest BCUT2D eigenvalue weighted by atomic mass is 19.4. The van der Waals surface area contributed by atoms with E-state index in [9.17, 15) is 18.0 Å². The van der Waals surface area contributed by atoms with Crippen LogP contribution in [0.3, 0.4) is 0 Å². The summed E-state index contributed by atoms with van der Waals surface area (Å²) in [6, 6.07) is 10.9. The summed E-state index contributed by atoms with van der Waals surface area (Å²) in [5.74, 6) is 0.445. The number of benzene rings is 2. The van der Waals surface area contributed by atoms with E-state index in [1.165, 1.54) is 12.1 Å². The average molecular weight is 444 g/mol. The first kappa shape index (κ1) is 21.3. The Kier molecular flexibility index (Phi) is 5.61. The van der Waals surface area contributed by atoms with Gasteiger partial charge in [-0.2, -0.15) is 13.2 Å². The molecule has 32 heavy (non-hydrogen) atoms. The van der Waals surface area contributed by atoms with E-state index in [0.29, 0.717) is 11.5 Å². The standard InChI is InChI=1S/C25H27F3N2O2/c26-25(27,28)21-6-2-1-5-19(21)18-8-9-20-17(14-18)4-3-7-22(20)29-24(31)32-23-15-30-12-10-16(23)11-13-30/h1-2,5-6,8-9,14,16,22-23H,3-4,7,10-13,15H2,(H,29,31)/t22?,23-/m1/s1. The molecule has 1 amide bonds. The van der Waals surface area contributed by atoms with Gasteiger partial charge in [-0.25, -0.2) is 4.79 Å². The molecule has 1 N–H and O–H groups in total. The molecule has 3 aliphatic heterocycles. The Morgan fingerprint density at radius 2 is 1.84 bits per heavy atom. The molecule has 2 atom stereocenters. The van der Waals surface area contributed by atoms with Crippen LogP contribution in [-0.4, -0.2) is 36.7 Å². The Balaban J connectivity index is 1.32. The van der Waals surface area contributed by atoms with E-state index in [4.69, 9.17) is 4.74 Å². The van der Waals surface area contributed by atoms with E-state index < -0.39 is 17.8 Å². The van der Waals surface area contributed by atoms with Gasteiger partial charge in [-0.05, 0) is 79.4 Å². The van der Waals surface area contributed by atoms with Gasteiger partial charge < -0.3 is 10.1 Å². The minimum atomic E-state index is -4.41. The highest BCUT2D eigenvalue weighted by molar-refractivity contribution is 5.71. The van der Waals surface area contributed by atoms with E-state index >= 15 is 0 Å². The molecule has 1 aliphatic carbocycles. The van der Waals surface area contributed by atoms with Crippen molar-refractivity contribution in [3.8, 4) is 11.1 Å². The molecule has 3 heterocycles. The number of rotatable bonds is 3. The van der Waals surface area contributed by atoms with Gasteiger partial charge in [-0.3, -0.25) is 4.90 Å². The van der Waals surface area contributed by atoms with Crippen LogP contribution in [-0.2, 0) is 17.3 Å². The molecule has 2 aromatic rings. The van der Waals surface area contributed by atoms with Gasteiger partial charge in [0.15, 0.2) is 0 Å². The Hall–Kier alpha value is -2.54. The van der Waals surface area contributed by atoms with E-state index in [0.717, 1.165) is 68.9 Å². The van der Waals surface area contributed by atoms with Gasteiger partial charge in [0.25, 0.3) is 0 Å². The van der Waals surface area contributed by atoms with Crippen molar-refractivity contribution >= 4 is 6.09 Å². The molecule has 0 saturated carbocycles. The lowest BCUT2D eigenvalue weighted by atomic mass is 9.85. The Morgan fingerprint density at radius 1 is 1.06 bits per heavy atom. The number of carbonyl (C=O) groups is 1. The van der Waals surface area contributed by atoms with Crippen LogP contribution in [0.25, 0.3) is 11.1 Å². The number of nitrogens with one attached hydrogen (secondary N) is 1. The fraction of sp³-hybridized carbons (Fsp3) is 0.480. The van der Waals surface area contributed by atoms with Crippen molar-refractivity contribution in [3.63, 3.8) is 0 Å². The molecule has 4 aliphatic rings. The van der Waals surface area contributed by atoms with Crippen LogP contribution in [0.5, 0.6) is 0 Å². The average Bonchev–Trinajstić information content (AvgIpc) is 2.79. The van der Waals surface area contributed by atoms with E-state index in [-0.39, 0.29) is 17.7 Å². The summed E-state index contributed by atoms with van der Waals surface area (Å²) in [5.41, 5.74) is 2.05. The second-order valence-corrected chi connectivity index (χ2v) is 9.13. The second kappa shape index (κ2) is 8.43. The van der Waals surface area contributed by atoms with Gasteiger partial charge in [0, 0.05) is 6.54 Å². The lowest BCUT2D eigenvalue weighted by molar-refractivity contribution is -0.137. The zero-order valence-electron chi connectivity index (χ0n) is 17.8. The number of nitrogens with zero attached hydrogens (tertiary/aromatic N) is 1. The van der Waals surface area contributed by atoms with Crippen LogP contribution in [0.1, 0.15) is 48.4 Å². The molecule has 6 rings (SSSR count). The Labute approximate surface area is 185 Å². The largest absolute Gasteiger partial charge is 0.445 e. The first-order valence-electron chi connectivity index (χ1n) is 11.4. The van der Waals surface area contributed by atoms with Crippen LogP contribution in [0, 0.1) is 5.92 Å². The number of amides is 1. The molecule has 0 radical (unpaired) electrons. The monoisotopic (exact) mass is 444 g/mol. The molecule has 3 fully saturated rings. The predicted molar refractivity (Wildman–Crippen MR) is 115 cm³/mol. The maximum Gasteiger partial charge on any atom is 0.417 e. The minimum absolute atomic E-state index is 0.0539. The van der Waals surface area contributed by atoms with Gasteiger partial charge in [0.05, 0.1) is 11.6 Å². The SMILES string of the molecule is O=C(NC1CCCc2cc(-c3ccccc3C(F)(F)F)ccc21)O[C@@H]1CN2CCC1CC2. The number of piperidine rings is 3. The molecule has 0 aromatic heterocycles. The fourth-order valence-corrected chi connectivity index (χ4v) is 5.47. The summed E-state index contributed by atoms with van der Waals surface area (Å²) in [6.07, 6.45) is -0.267. The highest BCUT2D eigenvalue weighted by Crippen LogP contribution is 2.39. The number of alkyl halides is 3. The lowest BCUT2D eigenvalue weighted by Gasteiger charge is -2.44. The highest BCUT2D eigenvalue weighted by Gasteiger charge is 2.37. The zero-order chi connectivity index (χ0) is 22.3. The van der Waals surface area contributed by atoms with Crippen molar-refractivity contribution < 1.29 is 22.7 Å². The molecule has 0 spiro atoms. The van der Waals surface area contributed by atoms with Crippen molar-refractivity contribution in [2.24, 2.45) is 5.92 Å². The predicted octanol–water partition coefficient (Wildman–Crippen LogP) is 5.57. The number of hydrogen-bond acceptors (Lipinski definition) is 3. The number of aryl methyl sites for hydroxylation is 1. The third-order valence-corrected chi connectivity index (χ3v) is 7.15. The summed E-state index contributed by atoms with van der Waals surface area (Å²) < 4.78 is 46.2. The van der Waals surface area contributed by atoms with Crippen LogP contribution < -0.4 is 5.32 Å². The van der Waals surface area contributed by atoms with Gasteiger partial charge in [-0.1, -0.05) is 36.4 Å².